The van der Waals surface area contributed by atoms with E-state index in [1.54, 1.807) is 24.5 Å². The zero-order valence-electron chi connectivity index (χ0n) is 11.7. The van der Waals surface area contributed by atoms with Crippen LogP contribution in [0.25, 0.3) is 0 Å². The first kappa shape index (κ1) is 14.5. The van der Waals surface area contributed by atoms with Gasteiger partial charge in [-0.25, -0.2) is 0 Å². The van der Waals surface area contributed by atoms with E-state index in [0.29, 0.717) is 18.7 Å². The maximum absolute atomic E-state index is 10.9. The topological polar surface area (TPSA) is 78.4 Å². The molecule has 1 heterocycles. The summed E-state index contributed by atoms with van der Waals surface area (Å²) in [7, 11) is 0. The maximum atomic E-state index is 10.9. The first-order chi connectivity index (χ1) is 10.2. The Morgan fingerprint density at radius 1 is 1.33 bits per heavy atom. The van der Waals surface area contributed by atoms with Crippen molar-refractivity contribution in [2.75, 3.05) is 5.32 Å². The molecule has 2 rings (SSSR count). The van der Waals surface area contributed by atoms with Crippen molar-refractivity contribution in [3.05, 3.63) is 54.0 Å². The first-order valence-electron chi connectivity index (χ1n) is 6.49. The van der Waals surface area contributed by atoms with E-state index in [4.69, 9.17) is 9.68 Å². The molecular formula is C16H15N3O2. The average Bonchev–Trinajstić information content (AvgIpc) is 2.98. The monoisotopic (exact) mass is 281 g/mol. The third kappa shape index (κ3) is 4.62. The Balaban J connectivity index is 2.00. The Kier molecular flexibility index (Phi) is 4.89. The highest BCUT2D eigenvalue weighted by Gasteiger charge is 2.02. The molecule has 1 aromatic carbocycles. The van der Waals surface area contributed by atoms with E-state index in [1.165, 1.54) is 6.92 Å². The molecule has 0 spiro atoms. The number of amides is 1. The van der Waals surface area contributed by atoms with Gasteiger partial charge in [-0.3, -0.25) is 9.79 Å². The van der Waals surface area contributed by atoms with Crippen molar-refractivity contribution in [2.24, 2.45) is 4.99 Å². The molecule has 2 aromatic rings. The van der Waals surface area contributed by atoms with Crippen LogP contribution in [0.15, 0.2) is 52.1 Å². The highest BCUT2D eigenvalue weighted by Crippen LogP contribution is 2.11. The van der Waals surface area contributed by atoms with Gasteiger partial charge in [-0.05, 0) is 29.8 Å². The highest BCUT2D eigenvalue weighted by atomic mass is 16.3. The Labute approximate surface area is 122 Å². The van der Waals surface area contributed by atoms with Gasteiger partial charge in [-0.1, -0.05) is 12.1 Å². The molecule has 1 aromatic heterocycles. The van der Waals surface area contributed by atoms with Crippen LogP contribution in [0.2, 0.25) is 0 Å². The number of hydrogen-bond donors (Lipinski definition) is 1. The molecule has 5 nitrogen and oxygen atoms in total. The quantitative estimate of drug-likeness (QED) is 0.856. The second-order valence-corrected chi connectivity index (χ2v) is 4.51. The van der Waals surface area contributed by atoms with Crippen LogP contribution < -0.4 is 5.32 Å². The number of anilines is 1. The number of nitrogens with zero attached hydrogens (tertiary/aromatic N) is 2. The maximum Gasteiger partial charge on any atom is 0.221 e. The average molecular weight is 281 g/mol. The summed E-state index contributed by atoms with van der Waals surface area (Å²) in [6.07, 6.45) is 2.04. The zero-order chi connectivity index (χ0) is 15.1. The number of rotatable bonds is 5. The lowest BCUT2D eigenvalue weighted by Gasteiger charge is -2.04. The second-order valence-electron chi connectivity index (χ2n) is 4.51. The Morgan fingerprint density at radius 3 is 2.67 bits per heavy atom. The summed E-state index contributed by atoms with van der Waals surface area (Å²) in [6.45, 7) is 1.82. The third-order valence-electron chi connectivity index (χ3n) is 2.78. The number of nitriles is 1. The van der Waals surface area contributed by atoms with Crippen molar-refractivity contribution in [1.29, 1.82) is 5.26 Å². The molecule has 0 radical (unpaired) electrons. The van der Waals surface area contributed by atoms with E-state index in [9.17, 15) is 4.79 Å². The van der Waals surface area contributed by atoms with Crippen molar-refractivity contribution >= 4 is 17.3 Å². The van der Waals surface area contributed by atoms with Crippen molar-refractivity contribution in [1.82, 2.24) is 0 Å². The third-order valence-corrected chi connectivity index (χ3v) is 2.78. The lowest BCUT2D eigenvalue weighted by Crippen LogP contribution is -2.06. The number of aliphatic imine (C=N–C) groups is 1. The minimum Gasteiger partial charge on any atom is -0.467 e. The van der Waals surface area contributed by atoms with Crippen molar-refractivity contribution in [3.63, 3.8) is 0 Å². The molecule has 1 amide bonds. The fraction of sp³-hybridized carbons (Fsp3) is 0.188. The Morgan fingerprint density at radius 2 is 2.10 bits per heavy atom. The highest BCUT2D eigenvalue weighted by molar-refractivity contribution is 5.99. The summed E-state index contributed by atoms with van der Waals surface area (Å²) in [4.78, 5) is 15.2. The summed E-state index contributed by atoms with van der Waals surface area (Å²) in [5.74, 6) is 0.615. The molecular weight excluding hydrogens is 266 g/mol. The van der Waals surface area contributed by atoms with Crippen LogP contribution >= 0.6 is 0 Å². The molecule has 0 bridgehead atoms. The summed E-state index contributed by atoms with van der Waals surface area (Å²) < 4.78 is 5.17. The molecule has 0 fully saturated rings. The van der Waals surface area contributed by atoms with Crippen molar-refractivity contribution in [3.8, 4) is 6.07 Å². The number of hydrogen-bond acceptors (Lipinski definition) is 4. The van der Waals surface area contributed by atoms with E-state index in [-0.39, 0.29) is 5.91 Å². The van der Waals surface area contributed by atoms with Gasteiger partial charge in [0.1, 0.15) is 17.5 Å². The molecule has 0 saturated heterocycles. The van der Waals surface area contributed by atoms with Gasteiger partial charge in [0.25, 0.3) is 0 Å². The first-order valence-corrected chi connectivity index (χ1v) is 6.49. The van der Waals surface area contributed by atoms with Crippen LogP contribution in [-0.2, 0) is 17.8 Å². The summed E-state index contributed by atoms with van der Waals surface area (Å²) >= 11 is 0. The van der Waals surface area contributed by atoms with Crippen LogP contribution in [0.4, 0.5) is 5.69 Å². The zero-order valence-corrected chi connectivity index (χ0v) is 11.7. The largest absolute Gasteiger partial charge is 0.467 e. The molecule has 0 atom stereocenters. The van der Waals surface area contributed by atoms with E-state index in [0.717, 1.165) is 17.0 Å². The van der Waals surface area contributed by atoms with E-state index in [2.05, 4.69) is 16.4 Å². The summed E-state index contributed by atoms with van der Waals surface area (Å²) in [6, 6.07) is 13.0. The SMILES string of the molecule is CC(=O)Nc1ccc(CC(C#N)=NCc2ccco2)cc1. The van der Waals surface area contributed by atoms with Gasteiger partial charge in [0.15, 0.2) is 0 Å². The Hall–Kier alpha value is -2.87. The van der Waals surface area contributed by atoms with Gasteiger partial charge in [0.2, 0.25) is 5.91 Å². The fourth-order valence-corrected chi connectivity index (χ4v) is 1.81. The molecule has 0 aliphatic rings. The van der Waals surface area contributed by atoms with Gasteiger partial charge < -0.3 is 9.73 Å². The Bertz CT molecular complexity index is 665. The lowest BCUT2D eigenvalue weighted by molar-refractivity contribution is -0.114. The summed E-state index contributed by atoms with van der Waals surface area (Å²) in [5, 5.41) is 11.8. The van der Waals surface area contributed by atoms with Crippen molar-refractivity contribution in [2.45, 2.75) is 19.9 Å². The lowest BCUT2D eigenvalue weighted by atomic mass is 10.1. The van der Waals surface area contributed by atoms with Gasteiger partial charge >= 0.3 is 0 Å². The van der Waals surface area contributed by atoms with Gasteiger partial charge in [0, 0.05) is 19.0 Å². The van der Waals surface area contributed by atoms with E-state index in [1.807, 2.05) is 18.2 Å². The number of furan rings is 1. The number of carbonyl (C=O) groups excluding carboxylic acids is 1. The van der Waals surface area contributed by atoms with Gasteiger partial charge in [-0.2, -0.15) is 5.26 Å². The van der Waals surface area contributed by atoms with Crippen LogP contribution in [0.3, 0.4) is 0 Å². The predicted octanol–water partition coefficient (Wildman–Crippen LogP) is 2.95. The standard InChI is InChI=1S/C16H15N3O2/c1-12(20)19-14-6-4-13(5-7-14)9-15(10-17)18-11-16-3-2-8-21-16/h2-8H,9,11H2,1H3,(H,19,20). The number of nitrogens with one attached hydrogen (secondary N) is 1. The van der Waals surface area contributed by atoms with Crippen LogP contribution in [0.5, 0.6) is 0 Å². The van der Waals surface area contributed by atoms with Crippen LogP contribution in [0, 0.1) is 11.3 Å². The van der Waals surface area contributed by atoms with E-state index >= 15 is 0 Å². The molecule has 0 aliphatic carbocycles. The fourth-order valence-electron chi connectivity index (χ4n) is 1.81. The van der Waals surface area contributed by atoms with Gasteiger partial charge in [-0.15, -0.1) is 0 Å². The summed E-state index contributed by atoms with van der Waals surface area (Å²) in [5.41, 5.74) is 2.14. The van der Waals surface area contributed by atoms with Gasteiger partial charge in [0.05, 0.1) is 12.8 Å². The minimum absolute atomic E-state index is 0.111. The molecule has 106 valence electrons. The molecule has 5 heteroatoms. The second kappa shape index (κ2) is 7.06. The van der Waals surface area contributed by atoms with Crippen LogP contribution in [0.1, 0.15) is 18.2 Å². The minimum atomic E-state index is -0.111. The number of benzene rings is 1. The molecule has 0 unspecified atom stereocenters. The van der Waals surface area contributed by atoms with Crippen LogP contribution in [-0.4, -0.2) is 11.6 Å². The predicted molar refractivity (Wildman–Crippen MR) is 79.9 cm³/mol. The van der Waals surface area contributed by atoms with E-state index < -0.39 is 0 Å². The normalized spacial score (nSPS) is 11.0. The molecule has 0 aliphatic heterocycles. The molecule has 0 saturated carbocycles. The smallest absolute Gasteiger partial charge is 0.221 e. The van der Waals surface area contributed by atoms with Crippen molar-refractivity contribution < 1.29 is 9.21 Å². The number of carbonyl (C=O) groups is 1. The molecule has 21 heavy (non-hydrogen) atoms. The molecule has 1 N–H and O–H groups in total.